The van der Waals surface area contributed by atoms with Gasteiger partial charge in [0.15, 0.2) is 6.10 Å². The lowest BCUT2D eigenvalue weighted by Gasteiger charge is -2.29. The van der Waals surface area contributed by atoms with Crippen molar-refractivity contribution in [1.82, 2.24) is 4.90 Å². The summed E-state index contributed by atoms with van der Waals surface area (Å²) in [7, 11) is 1.48. The molecule has 0 aromatic heterocycles. The van der Waals surface area contributed by atoms with Crippen LogP contribution >= 0.6 is 0 Å². The van der Waals surface area contributed by atoms with E-state index >= 15 is 0 Å². The van der Waals surface area contributed by atoms with Crippen LogP contribution in [0.2, 0.25) is 0 Å². The van der Waals surface area contributed by atoms with E-state index in [2.05, 4.69) is 6.07 Å². The fourth-order valence-corrected chi connectivity index (χ4v) is 2.14. The Morgan fingerprint density at radius 1 is 1.60 bits per heavy atom. The average molecular weight is 277 g/mol. The first kappa shape index (κ1) is 14.2. The number of morpholine rings is 1. The summed E-state index contributed by atoms with van der Waals surface area (Å²) in [6.45, 7) is 2.22. The predicted octanol–water partition coefficient (Wildman–Crippen LogP) is 1.33. The van der Waals surface area contributed by atoms with Gasteiger partial charge in [0.2, 0.25) is 0 Å². The number of nitro groups is 1. The van der Waals surface area contributed by atoms with Gasteiger partial charge in [0.1, 0.15) is 5.75 Å². The fraction of sp³-hybridized carbons (Fsp3) is 0.462. The van der Waals surface area contributed by atoms with Gasteiger partial charge in [0.25, 0.3) is 5.69 Å². The third-order valence-corrected chi connectivity index (χ3v) is 3.10. The minimum absolute atomic E-state index is 0.00411. The summed E-state index contributed by atoms with van der Waals surface area (Å²) >= 11 is 0. The Bertz CT molecular complexity index is 541. The fourth-order valence-electron chi connectivity index (χ4n) is 2.14. The lowest BCUT2D eigenvalue weighted by Crippen LogP contribution is -2.41. The van der Waals surface area contributed by atoms with Crippen molar-refractivity contribution in [2.45, 2.75) is 12.6 Å². The highest BCUT2D eigenvalue weighted by atomic mass is 16.6. The molecule has 1 aromatic rings. The molecule has 1 aromatic carbocycles. The number of nitro benzene ring substituents is 1. The topological polar surface area (TPSA) is 88.6 Å². The minimum atomic E-state index is -0.441. The van der Waals surface area contributed by atoms with Crippen LogP contribution in [0.4, 0.5) is 5.69 Å². The van der Waals surface area contributed by atoms with Crippen LogP contribution in [-0.2, 0) is 11.3 Å². The van der Waals surface area contributed by atoms with Crippen molar-refractivity contribution in [2.24, 2.45) is 0 Å². The molecule has 0 radical (unpaired) electrons. The van der Waals surface area contributed by atoms with Crippen molar-refractivity contribution in [3.05, 3.63) is 33.9 Å². The van der Waals surface area contributed by atoms with Crippen LogP contribution in [0.3, 0.4) is 0 Å². The lowest BCUT2D eigenvalue weighted by atomic mass is 10.1. The average Bonchev–Trinajstić information content (AvgIpc) is 2.47. The Morgan fingerprint density at radius 2 is 2.40 bits per heavy atom. The summed E-state index contributed by atoms with van der Waals surface area (Å²) in [5.74, 6) is 0.458. The summed E-state index contributed by atoms with van der Waals surface area (Å²) in [5, 5.41) is 19.7. The summed E-state index contributed by atoms with van der Waals surface area (Å²) in [5.41, 5.74) is 0.791. The van der Waals surface area contributed by atoms with Gasteiger partial charge in [-0.3, -0.25) is 15.0 Å². The summed E-state index contributed by atoms with van der Waals surface area (Å²) in [6.07, 6.45) is -0.440. The van der Waals surface area contributed by atoms with E-state index in [1.807, 2.05) is 4.90 Å². The Morgan fingerprint density at radius 3 is 3.05 bits per heavy atom. The van der Waals surface area contributed by atoms with Crippen molar-refractivity contribution < 1.29 is 14.4 Å². The van der Waals surface area contributed by atoms with E-state index in [0.717, 1.165) is 5.56 Å². The molecule has 1 atom stereocenters. The minimum Gasteiger partial charge on any atom is -0.496 e. The molecule has 0 aliphatic carbocycles. The van der Waals surface area contributed by atoms with Gasteiger partial charge in [-0.25, -0.2) is 0 Å². The molecule has 106 valence electrons. The number of nitrogens with zero attached hydrogens (tertiary/aromatic N) is 3. The quantitative estimate of drug-likeness (QED) is 0.609. The zero-order valence-corrected chi connectivity index (χ0v) is 11.1. The smallest absolute Gasteiger partial charge is 0.273 e. The number of hydrogen-bond acceptors (Lipinski definition) is 6. The molecule has 1 fully saturated rings. The monoisotopic (exact) mass is 277 g/mol. The SMILES string of the molecule is COc1cc(CN2CCOC(C#N)C2)cc([N+](=O)[O-])c1. The second-order valence-electron chi connectivity index (χ2n) is 4.52. The van der Waals surface area contributed by atoms with Crippen LogP contribution in [-0.4, -0.2) is 42.7 Å². The molecule has 7 heteroatoms. The van der Waals surface area contributed by atoms with Crippen molar-refractivity contribution in [3.63, 3.8) is 0 Å². The molecule has 0 bridgehead atoms. The van der Waals surface area contributed by atoms with Gasteiger partial charge in [-0.05, 0) is 11.6 Å². The Kier molecular flexibility index (Phi) is 4.50. The third kappa shape index (κ3) is 3.44. The van der Waals surface area contributed by atoms with Crippen LogP contribution in [0, 0.1) is 21.4 Å². The van der Waals surface area contributed by atoms with Gasteiger partial charge in [-0.2, -0.15) is 5.26 Å². The molecule has 1 aliphatic heterocycles. The highest BCUT2D eigenvalue weighted by molar-refractivity contribution is 5.42. The number of nitriles is 1. The Balaban J connectivity index is 2.14. The largest absolute Gasteiger partial charge is 0.496 e. The van der Waals surface area contributed by atoms with E-state index in [9.17, 15) is 10.1 Å². The van der Waals surface area contributed by atoms with E-state index in [0.29, 0.717) is 32.0 Å². The van der Waals surface area contributed by atoms with Gasteiger partial charge >= 0.3 is 0 Å². The molecule has 0 N–H and O–H groups in total. The van der Waals surface area contributed by atoms with Gasteiger partial charge in [0, 0.05) is 25.7 Å². The lowest BCUT2D eigenvalue weighted by molar-refractivity contribution is -0.385. The molecule has 7 nitrogen and oxygen atoms in total. The standard InChI is InChI=1S/C13H15N3O4/c1-19-12-5-10(4-11(6-12)16(17)18)8-15-2-3-20-13(7-14)9-15/h4-6,13H,2-3,8-9H2,1H3. The van der Waals surface area contributed by atoms with Crippen LogP contribution in [0.25, 0.3) is 0 Å². The Hall–Kier alpha value is -2.17. The zero-order valence-electron chi connectivity index (χ0n) is 11.1. The maximum atomic E-state index is 10.9. The second kappa shape index (κ2) is 6.32. The van der Waals surface area contributed by atoms with Crippen LogP contribution in [0.15, 0.2) is 18.2 Å². The number of benzene rings is 1. The van der Waals surface area contributed by atoms with Gasteiger partial charge in [0.05, 0.1) is 30.8 Å². The first-order valence-electron chi connectivity index (χ1n) is 6.18. The third-order valence-electron chi connectivity index (χ3n) is 3.10. The van der Waals surface area contributed by atoms with Gasteiger partial charge in [-0.1, -0.05) is 0 Å². The summed E-state index contributed by atoms with van der Waals surface area (Å²) in [6, 6.07) is 6.76. The molecule has 1 saturated heterocycles. The second-order valence-corrected chi connectivity index (χ2v) is 4.52. The molecule has 20 heavy (non-hydrogen) atoms. The van der Waals surface area contributed by atoms with Crippen LogP contribution in [0.1, 0.15) is 5.56 Å². The van der Waals surface area contributed by atoms with E-state index < -0.39 is 11.0 Å². The number of non-ortho nitro benzene ring substituents is 1. The van der Waals surface area contributed by atoms with Crippen molar-refractivity contribution >= 4 is 5.69 Å². The van der Waals surface area contributed by atoms with Crippen molar-refractivity contribution in [2.75, 3.05) is 26.8 Å². The normalized spacial score (nSPS) is 19.3. The van der Waals surface area contributed by atoms with Gasteiger partial charge in [-0.15, -0.1) is 0 Å². The molecular formula is C13H15N3O4. The van der Waals surface area contributed by atoms with E-state index in [1.54, 1.807) is 6.07 Å². The number of rotatable bonds is 4. The molecule has 0 spiro atoms. The predicted molar refractivity (Wildman–Crippen MR) is 70.3 cm³/mol. The van der Waals surface area contributed by atoms with E-state index in [1.165, 1.54) is 19.2 Å². The Labute approximate surface area is 116 Å². The highest BCUT2D eigenvalue weighted by Gasteiger charge is 2.21. The van der Waals surface area contributed by atoms with Crippen LogP contribution < -0.4 is 4.74 Å². The maximum Gasteiger partial charge on any atom is 0.273 e. The molecule has 1 unspecified atom stereocenters. The molecule has 1 aliphatic rings. The first-order chi connectivity index (χ1) is 9.62. The summed E-state index contributed by atoms with van der Waals surface area (Å²) < 4.78 is 10.3. The molecule has 2 rings (SSSR count). The number of ether oxygens (including phenoxy) is 2. The number of hydrogen-bond donors (Lipinski definition) is 0. The number of methoxy groups -OCH3 is 1. The molecule has 0 saturated carbocycles. The summed E-state index contributed by atoms with van der Waals surface area (Å²) in [4.78, 5) is 12.5. The maximum absolute atomic E-state index is 10.9. The van der Waals surface area contributed by atoms with E-state index in [4.69, 9.17) is 14.7 Å². The zero-order chi connectivity index (χ0) is 14.5. The molecule has 0 amide bonds. The van der Waals surface area contributed by atoms with Crippen LogP contribution in [0.5, 0.6) is 5.75 Å². The molecule has 1 heterocycles. The van der Waals surface area contributed by atoms with Crippen molar-refractivity contribution in [3.8, 4) is 11.8 Å². The molecular weight excluding hydrogens is 262 g/mol. The highest BCUT2D eigenvalue weighted by Crippen LogP contribution is 2.24. The van der Waals surface area contributed by atoms with Crippen molar-refractivity contribution in [1.29, 1.82) is 5.26 Å². The first-order valence-corrected chi connectivity index (χ1v) is 6.18. The van der Waals surface area contributed by atoms with Gasteiger partial charge < -0.3 is 9.47 Å². The van der Waals surface area contributed by atoms with E-state index in [-0.39, 0.29) is 5.69 Å².